The number of aromatic amines is 1. The van der Waals surface area contributed by atoms with E-state index in [1.54, 1.807) is 20.1 Å². The van der Waals surface area contributed by atoms with Crippen molar-refractivity contribution in [3.63, 3.8) is 0 Å². The zero-order valence-electron chi connectivity index (χ0n) is 11.1. The Balaban J connectivity index is 0.000000292. The second-order valence-electron chi connectivity index (χ2n) is 3.22. The predicted molar refractivity (Wildman–Crippen MR) is 80.1 cm³/mol. The molecule has 0 unspecified atom stereocenters. The quantitative estimate of drug-likeness (QED) is 0.644. The average Bonchev–Trinajstić information content (AvgIpc) is 2.90. The van der Waals surface area contributed by atoms with E-state index in [2.05, 4.69) is 40.5 Å². The predicted octanol–water partition coefficient (Wildman–Crippen LogP) is 3.67. The van der Waals surface area contributed by atoms with Crippen molar-refractivity contribution in [1.29, 1.82) is 0 Å². The van der Waals surface area contributed by atoms with E-state index >= 15 is 0 Å². The molecule has 0 aliphatic carbocycles. The molecule has 0 amide bonds. The number of benzene rings is 1. The average molecular weight is 267 g/mol. The second kappa shape index (κ2) is 10.7. The zero-order valence-corrected chi connectivity index (χ0v) is 12.0. The lowest BCUT2D eigenvalue weighted by atomic mass is 10.3. The standard InChI is InChI=1S/C8H7N.C5H10O2.CH4S/c1-2-4-8-7(3-1)5-6-9-8;1-3-5(6)7-4-2;1-2/h1-6,9H;3-4H2,1-2H3;2H,1H3. The highest BCUT2D eigenvalue weighted by Crippen LogP contribution is 2.09. The summed E-state index contributed by atoms with van der Waals surface area (Å²) in [6.45, 7) is 4.07. The maximum absolute atomic E-state index is 10.2. The van der Waals surface area contributed by atoms with Gasteiger partial charge in [0.15, 0.2) is 0 Å². The van der Waals surface area contributed by atoms with Crippen LogP contribution in [-0.2, 0) is 9.53 Å². The Morgan fingerprint density at radius 1 is 1.22 bits per heavy atom. The number of rotatable bonds is 2. The fourth-order valence-electron chi connectivity index (χ4n) is 1.26. The maximum Gasteiger partial charge on any atom is 0.305 e. The van der Waals surface area contributed by atoms with Crippen LogP contribution in [0.5, 0.6) is 0 Å². The molecule has 1 aromatic heterocycles. The van der Waals surface area contributed by atoms with Gasteiger partial charge in [-0.2, -0.15) is 12.6 Å². The van der Waals surface area contributed by atoms with Gasteiger partial charge in [0.1, 0.15) is 0 Å². The first-order valence-corrected chi connectivity index (χ1v) is 6.79. The number of para-hydroxylation sites is 1. The zero-order chi connectivity index (χ0) is 13.8. The van der Waals surface area contributed by atoms with Gasteiger partial charge >= 0.3 is 5.97 Å². The van der Waals surface area contributed by atoms with Crippen molar-refractivity contribution in [2.24, 2.45) is 0 Å². The molecule has 0 bridgehead atoms. The number of hydrogen-bond donors (Lipinski definition) is 2. The van der Waals surface area contributed by atoms with Gasteiger partial charge in [-0.1, -0.05) is 25.1 Å². The van der Waals surface area contributed by atoms with E-state index < -0.39 is 0 Å². The number of carbonyl (C=O) groups excluding carboxylic acids is 1. The number of aromatic nitrogens is 1. The molecule has 0 saturated heterocycles. The first-order valence-electron chi connectivity index (χ1n) is 5.90. The molecule has 1 N–H and O–H groups in total. The van der Waals surface area contributed by atoms with Crippen molar-refractivity contribution in [1.82, 2.24) is 4.98 Å². The van der Waals surface area contributed by atoms with Crippen LogP contribution in [0.25, 0.3) is 10.9 Å². The largest absolute Gasteiger partial charge is 0.466 e. The molecule has 100 valence electrons. The Bertz CT molecular complexity index is 410. The Kier molecular flexibility index (Phi) is 9.87. The molecule has 0 saturated carbocycles. The van der Waals surface area contributed by atoms with Crippen LogP contribution in [0.4, 0.5) is 0 Å². The lowest BCUT2D eigenvalue weighted by Gasteiger charge is -1.93. The monoisotopic (exact) mass is 267 g/mol. The summed E-state index contributed by atoms with van der Waals surface area (Å²) < 4.78 is 4.55. The van der Waals surface area contributed by atoms with Gasteiger partial charge in [0, 0.05) is 18.1 Å². The number of thiol groups is 1. The summed E-state index contributed by atoms with van der Waals surface area (Å²) in [5, 5.41) is 1.28. The van der Waals surface area contributed by atoms with Crippen LogP contribution in [0.2, 0.25) is 0 Å². The third-order valence-corrected chi connectivity index (χ3v) is 2.06. The molecule has 0 atom stereocenters. The first kappa shape index (κ1) is 16.6. The van der Waals surface area contributed by atoms with Crippen LogP contribution < -0.4 is 0 Å². The van der Waals surface area contributed by atoms with E-state index in [0.717, 1.165) is 0 Å². The highest BCUT2D eigenvalue weighted by atomic mass is 32.1. The Hall–Kier alpha value is -1.42. The summed E-state index contributed by atoms with van der Waals surface area (Å²) in [5.41, 5.74) is 1.21. The molecule has 0 spiro atoms. The SMILES string of the molecule is CCOC(=O)CC.CS.c1ccc2[nH]ccc2c1. The number of nitrogens with one attached hydrogen (secondary N) is 1. The number of fused-ring (bicyclic) bond motifs is 1. The summed E-state index contributed by atoms with van der Waals surface area (Å²) in [4.78, 5) is 13.3. The topological polar surface area (TPSA) is 42.1 Å². The molecule has 2 aromatic rings. The number of hydrogen-bond acceptors (Lipinski definition) is 3. The molecule has 0 aliphatic heterocycles. The van der Waals surface area contributed by atoms with Crippen LogP contribution in [0.3, 0.4) is 0 Å². The van der Waals surface area contributed by atoms with Crippen LogP contribution in [-0.4, -0.2) is 23.8 Å². The van der Waals surface area contributed by atoms with Gasteiger partial charge in [-0.25, -0.2) is 0 Å². The van der Waals surface area contributed by atoms with Crippen molar-refractivity contribution in [2.45, 2.75) is 20.3 Å². The van der Waals surface area contributed by atoms with Crippen molar-refractivity contribution >= 4 is 29.5 Å². The van der Waals surface area contributed by atoms with Gasteiger partial charge in [0.2, 0.25) is 0 Å². The molecule has 18 heavy (non-hydrogen) atoms. The van der Waals surface area contributed by atoms with E-state index in [9.17, 15) is 4.79 Å². The van der Waals surface area contributed by atoms with Gasteiger partial charge in [-0.15, -0.1) is 0 Å². The highest BCUT2D eigenvalue weighted by molar-refractivity contribution is 7.79. The molecule has 4 heteroatoms. The molecule has 0 fully saturated rings. The van der Waals surface area contributed by atoms with Crippen molar-refractivity contribution in [2.75, 3.05) is 12.9 Å². The van der Waals surface area contributed by atoms with Crippen molar-refractivity contribution < 1.29 is 9.53 Å². The summed E-state index contributed by atoms with van der Waals surface area (Å²) in [7, 11) is 0. The molecule has 0 radical (unpaired) electrons. The lowest BCUT2D eigenvalue weighted by molar-refractivity contribution is -0.142. The van der Waals surface area contributed by atoms with Gasteiger partial charge in [-0.05, 0) is 30.7 Å². The minimum absolute atomic E-state index is 0.123. The summed E-state index contributed by atoms with van der Waals surface area (Å²) in [5.74, 6) is -0.123. The fourth-order valence-corrected chi connectivity index (χ4v) is 1.26. The van der Waals surface area contributed by atoms with E-state index in [-0.39, 0.29) is 5.97 Å². The first-order chi connectivity index (χ1) is 8.77. The molecule has 3 nitrogen and oxygen atoms in total. The highest BCUT2D eigenvalue weighted by Gasteiger charge is 1.91. The normalized spacial score (nSPS) is 8.67. The van der Waals surface area contributed by atoms with E-state index in [4.69, 9.17) is 0 Å². The molecule has 1 heterocycles. The smallest absolute Gasteiger partial charge is 0.305 e. The summed E-state index contributed by atoms with van der Waals surface area (Å²) in [6.07, 6.45) is 4.12. The minimum Gasteiger partial charge on any atom is -0.466 e. The van der Waals surface area contributed by atoms with Gasteiger partial charge in [0.05, 0.1) is 6.61 Å². The Morgan fingerprint density at radius 3 is 2.39 bits per heavy atom. The van der Waals surface area contributed by atoms with Gasteiger partial charge < -0.3 is 9.72 Å². The summed E-state index contributed by atoms with van der Waals surface area (Å²) >= 11 is 3.53. The van der Waals surface area contributed by atoms with E-state index in [0.29, 0.717) is 13.0 Å². The summed E-state index contributed by atoms with van der Waals surface area (Å²) in [6, 6.07) is 10.3. The lowest BCUT2D eigenvalue weighted by Crippen LogP contribution is -2.00. The molecular formula is C14H21NO2S. The van der Waals surface area contributed by atoms with E-state index in [1.807, 2.05) is 18.3 Å². The third kappa shape index (κ3) is 6.35. The molecule has 1 aromatic carbocycles. The number of carbonyl (C=O) groups is 1. The van der Waals surface area contributed by atoms with Crippen LogP contribution in [0, 0.1) is 0 Å². The Morgan fingerprint density at radius 2 is 1.89 bits per heavy atom. The maximum atomic E-state index is 10.2. The Labute approximate surface area is 114 Å². The van der Waals surface area contributed by atoms with E-state index in [1.165, 1.54) is 10.9 Å². The van der Waals surface area contributed by atoms with Crippen LogP contribution >= 0.6 is 12.6 Å². The van der Waals surface area contributed by atoms with Crippen LogP contribution in [0.1, 0.15) is 20.3 Å². The number of ether oxygens (including phenoxy) is 1. The van der Waals surface area contributed by atoms with Crippen molar-refractivity contribution in [3.05, 3.63) is 36.5 Å². The van der Waals surface area contributed by atoms with Gasteiger partial charge in [0.25, 0.3) is 0 Å². The number of esters is 1. The minimum atomic E-state index is -0.123. The molecular weight excluding hydrogens is 246 g/mol. The second-order valence-corrected chi connectivity index (χ2v) is 3.22. The number of H-pyrrole nitrogens is 1. The van der Waals surface area contributed by atoms with Crippen molar-refractivity contribution in [3.8, 4) is 0 Å². The fraction of sp³-hybridized carbons (Fsp3) is 0.357. The van der Waals surface area contributed by atoms with Crippen LogP contribution in [0.15, 0.2) is 36.5 Å². The molecule has 2 rings (SSSR count). The molecule has 0 aliphatic rings. The van der Waals surface area contributed by atoms with Gasteiger partial charge in [-0.3, -0.25) is 4.79 Å². The third-order valence-electron chi connectivity index (χ3n) is 2.06.